The first-order valence-electron chi connectivity index (χ1n) is 4.60. The van der Waals surface area contributed by atoms with Crippen molar-refractivity contribution in [2.45, 2.75) is 51.6 Å². The van der Waals surface area contributed by atoms with Gasteiger partial charge in [-0.05, 0) is 25.7 Å². The zero-order valence-corrected chi connectivity index (χ0v) is 7.42. The molecule has 1 atom stereocenters. The van der Waals surface area contributed by atoms with Crippen LogP contribution in [0.1, 0.15) is 45.4 Å². The Morgan fingerprint density at radius 3 is 2.27 bits per heavy atom. The van der Waals surface area contributed by atoms with E-state index in [4.69, 9.17) is 5.11 Å². The van der Waals surface area contributed by atoms with E-state index >= 15 is 0 Å². The molecule has 0 fully saturated rings. The molecular weight excluding hydrogens is 140 g/mol. The average molecular weight is 160 g/mol. The van der Waals surface area contributed by atoms with Crippen molar-refractivity contribution in [2.75, 3.05) is 6.61 Å². The van der Waals surface area contributed by atoms with E-state index < -0.39 is 0 Å². The van der Waals surface area contributed by atoms with E-state index in [1.807, 2.05) is 0 Å². The minimum atomic E-state index is -0.138. The molecular formula is C9H20O2. The van der Waals surface area contributed by atoms with Gasteiger partial charge in [0.05, 0.1) is 6.10 Å². The molecule has 0 saturated heterocycles. The van der Waals surface area contributed by atoms with Crippen LogP contribution in [0.3, 0.4) is 0 Å². The molecule has 0 aromatic carbocycles. The van der Waals surface area contributed by atoms with Gasteiger partial charge in [0.1, 0.15) is 0 Å². The van der Waals surface area contributed by atoms with Crippen molar-refractivity contribution in [3.63, 3.8) is 0 Å². The van der Waals surface area contributed by atoms with Gasteiger partial charge in [0.25, 0.3) is 0 Å². The quantitative estimate of drug-likeness (QED) is 0.556. The lowest BCUT2D eigenvalue weighted by atomic mass is 10.1. The third-order valence-electron chi connectivity index (χ3n) is 1.84. The molecule has 0 saturated carbocycles. The van der Waals surface area contributed by atoms with Crippen molar-refractivity contribution >= 4 is 0 Å². The molecule has 2 nitrogen and oxygen atoms in total. The van der Waals surface area contributed by atoms with E-state index in [1.165, 1.54) is 0 Å². The molecule has 0 spiro atoms. The van der Waals surface area contributed by atoms with Crippen molar-refractivity contribution in [3.05, 3.63) is 0 Å². The molecule has 11 heavy (non-hydrogen) atoms. The number of hydrogen-bond acceptors (Lipinski definition) is 2. The Morgan fingerprint density at radius 2 is 1.73 bits per heavy atom. The Balaban J connectivity index is 3.02. The summed E-state index contributed by atoms with van der Waals surface area (Å²) in [6, 6.07) is 0. The molecule has 2 N–H and O–H groups in total. The van der Waals surface area contributed by atoms with Gasteiger partial charge in [-0.1, -0.05) is 19.8 Å². The summed E-state index contributed by atoms with van der Waals surface area (Å²) in [7, 11) is 0. The topological polar surface area (TPSA) is 40.5 Å². The summed E-state index contributed by atoms with van der Waals surface area (Å²) in [6.07, 6.45) is 5.66. The molecule has 0 rings (SSSR count). The van der Waals surface area contributed by atoms with Crippen LogP contribution >= 0.6 is 0 Å². The fraction of sp³-hybridized carbons (Fsp3) is 1.00. The summed E-state index contributed by atoms with van der Waals surface area (Å²) in [5.74, 6) is 0. The van der Waals surface area contributed by atoms with Gasteiger partial charge < -0.3 is 10.2 Å². The van der Waals surface area contributed by atoms with Crippen molar-refractivity contribution in [1.29, 1.82) is 0 Å². The van der Waals surface area contributed by atoms with Gasteiger partial charge in [0.2, 0.25) is 0 Å². The Kier molecular flexibility index (Phi) is 7.96. The summed E-state index contributed by atoms with van der Waals surface area (Å²) in [5.41, 5.74) is 0. The maximum atomic E-state index is 9.33. The van der Waals surface area contributed by atoms with Crippen LogP contribution in [0.15, 0.2) is 0 Å². The molecule has 0 bridgehead atoms. The van der Waals surface area contributed by atoms with E-state index in [1.54, 1.807) is 0 Å². The largest absolute Gasteiger partial charge is 0.396 e. The van der Waals surface area contributed by atoms with Crippen LogP contribution in [0.5, 0.6) is 0 Å². The lowest BCUT2D eigenvalue weighted by Crippen LogP contribution is -2.05. The van der Waals surface area contributed by atoms with Crippen LogP contribution in [0, 0.1) is 0 Å². The van der Waals surface area contributed by atoms with Gasteiger partial charge in [-0.25, -0.2) is 0 Å². The highest BCUT2D eigenvalue weighted by atomic mass is 16.3. The Labute approximate surface area is 69.2 Å². The SMILES string of the molecule is CCCC[C@H](O)CCCCO. The zero-order valence-electron chi connectivity index (χ0n) is 7.42. The normalized spacial score (nSPS) is 13.4. The van der Waals surface area contributed by atoms with Crippen LogP contribution in [0.25, 0.3) is 0 Å². The monoisotopic (exact) mass is 160 g/mol. The molecule has 0 aliphatic carbocycles. The molecule has 0 heterocycles. The third kappa shape index (κ3) is 7.82. The molecule has 0 aliphatic rings. The van der Waals surface area contributed by atoms with Crippen molar-refractivity contribution in [1.82, 2.24) is 0 Å². The maximum Gasteiger partial charge on any atom is 0.0540 e. The maximum absolute atomic E-state index is 9.33. The second-order valence-electron chi connectivity index (χ2n) is 3.02. The van der Waals surface area contributed by atoms with Crippen LogP contribution < -0.4 is 0 Å². The molecule has 0 aromatic heterocycles. The molecule has 0 unspecified atom stereocenters. The summed E-state index contributed by atoms with van der Waals surface area (Å²) in [5, 5.41) is 17.8. The number of aliphatic hydroxyl groups is 2. The smallest absolute Gasteiger partial charge is 0.0540 e. The van der Waals surface area contributed by atoms with Gasteiger partial charge in [-0.3, -0.25) is 0 Å². The molecule has 68 valence electrons. The van der Waals surface area contributed by atoms with Crippen molar-refractivity contribution in [2.24, 2.45) is 0 Å². The fourth-order valence-electron chi connectivity index (χ4n) is 1.08. The summed E-state index contributed by atoms with van der Waals surface area (Å²) in [6.45, 7) is 2.38. The van der Waals surface area contributed by atoms with Crippen LogP contribution in [-0.2, 0) is 0 Å². The Hall–Kier alpha value is -0.0800. The predicted octanol–water partition coefficient (Wildman–Crippen LogP) is 1.70. The summed E-state index contributed by atoms with van der Waals surface area (Å²) < 4.78 is 0. The van der Waals surface area contributed by atoms with E-state index in [-0.39, 0.29) is 12.7 Å². The Morgan fingerprint density at radius 1 is 1.09 bits per heavy atom. The number of aliphatic hydroxyl groups excluding tert-OH is 2. The fourth-order valence-corrected chi connectivity index (χ4v) is 1.08. The second kappa shape index (κ2) is 8.02. The zero-order chi connectivity index (χ0) is 8.53. The highest BCUT2D eigenvalue weighted by molar-refractivity contribution is 4.55. The van der Waals surface area contributed by atoms with E-state index in [0.29, 0.717) is 0 Å². The second-order valence-corrected chi connectivity index (χ2v) is 3.02. The van der Waals surface area contributed by atoms with Gasteiger partial charge >= 0.3 is 0 Å². The molecule has 0 radical (unpaired) electrons. The first-order chi connectivity index (χ1) is 5.31. The van der Waals surface area contributed by atoms with Crippen LogP contribution in [0.2, 0.25) is 0 Å². The van der Waals surface area contributed by atoms with E-state index in [9.17, 15) is 5.11 Å². The van der Waals surface area contributed by atoms with E-state index in [2.05, 4.69) is 6.92 Å². The van der Waals surface area contributed by atoms with Crippen molar-refractivity contribution in [3.8, 4) is 0 Å². The average Bonchev–Trinajstić information content (AvgIpc) is 2.01. The minimum Gasteiger partial charge on any atom is -0.396 e. The van der Waals surface area contributed by atoms with Crippen molar-refractivity contribution < 1.29 is 10.2 Å². The van der Waals surface area contributed by atoms with E-state index in [0.717, 1.165) is 38.5 Å². The standard InChI is InChI=1S/C9H20O2/c1-2-3-6-9(11)7-4-5-8-10/h9-11H,2-8H2,1H3/t9-/m0/s1. The minimum absolute atomic E-state index is 0.138. The molecule has 2 heteroatoms. The van der Waals surface area contributed by atoms with Crippen LogP contribution in [-0.4, -0.2) is 22.9 Å². The predicted molar refractivity (Wildman–Crippen MR) is 46.5 cm³/mol. The molecule has 0 aliphatic heterocycles. The van der Waals surface area contributed by atoms with Gasteiger partial charge in [-0.2, -0.15) is 0 Å². The molecule has 0 aromatic rings. The van der Waals surface area contributed by atoms with Gasteiger partial charge in [0, 0.05) is 6.61 Å². The first-order valence-corrected chi connectivity index (χ1v) is 4.60. The van der Waals surface area contributed by atoms with Gasteiger partial charge in [0.15, 0.2) is 0 Å². The highest BCUT2D eigenvalue weighted by Gasteiger charge is 2.01. The summed E-state index contributed by atoms with van der Waals surface area (Å²) >= 11 is 0. The highest BCUT2D eigenvalue weighted by Crippen LogP contribution is 2.07. The summed E-state index contributed by atoms with van der Waals surface area (Å²) in [4.78, 5) is 0. The molecule has 0 amide bonds. The number of rotatable bonds is 7. The Bertz CT molecular complexity index is 74.0. The lowest BCUT2D eigenvalue weighted by Gasteiger charge is -2.08. The first kappa shape index (κ1) is 10.9. The third-order valence-corrected chi connectivity index (χ3v) is 1.84. The van der Waals surface area contributed by atoms with Gasteiger partial charge in [-0.15, -0.1) is 0 Å². The van der Waals surface area contributed by atoms with Crippen LogP contribution in [0.4, 0.5) is 0 Å². The number of unbranched alkanes of at least 4 members (excludes halogenated alkanes) is 2. The number of hydrogen-bond donors (Lipinski definition) is 2. The lowest BCUT2D eigenvalue weighted by molar-refractivity contribution is 0.145.